The highest BCUT2D eigenvalue weighted by atomic mass is 79.9. The average Bonchev–Trinajstić information content (AvgIpc) is 1.63. The molecule has 0 rings (SSSR count). The summed E-state index contributed by atoms with van der Waals surface area (Å²) in [5, 5.41) is 2.69. The molecule has 0 aliphatic rings. The number of hydrogen-bond donors (Lipinski definition) is 1. The Balaban J connectivity index is 3.51. The van der Waals surface area contributed by atoms with Crippen molar-refractivity contribution in [3.8, 4) is 0 Å². The Morgan fingerprint density at radius 2 is 2.22 bits per heavy atom. The van der Waals surface area contributed by atoms with Crippen LogP contribution in [-0.2, 0) is 4.79 Å². The lowest BCUT2D eigenvalue weighted by molar-refractivity contribution is -0.116. The van der Waals surface area contributed by atoms with E-state index in [-0.39, 0.29) is 11.9 Å². The first-order valence-corrected chi connectivity index (χ1v) is 3.65. The van der Waals surface area contributed by atoms with E-state index in [4.69, 9.17) is 0 Å². The lowest BCUT2D eigenvalue weighted by Gasteiger charge is -2.03. The molecule has 0 fully saturated rings. The summed E-state index contributed by atoms with van der Waals surface area (Å²) in [6.07, 6.45) is 1.43. The third-order valence-corrected chi connectivity index (χ3v) is 0.910. The van der Waals surface area contributed by atoms with E-state index in [9.17, 15) is 4.79 Å². The number of amides is 1. The fraction of sp³-hybridized carbons (Fsp3) is 0.500. The Labute approximate surface area is 63.5 Å². The summed E-state index contributed by atoms with van der Waals surface area (Å²) in [4.78, 5) is 12.2. The molecule has 0 saturated heterocycles. The molecule has 0 saturated carbocycles. The lowest BCUT2D eigenvalue weighted by atomic mass is 10.4. The minimum absolute atomic E-state index is 0.0677. The van der Waals surface area contributed by atoms with Gasteiger partial charge in [0.05, 0.1) is 0 Å². The van der Waals surface area contributed by atoms with Gasteiger partial charge in [-0.15, -0.1) is 0 Å². The maximum absolute atomic E-state index is 10.6. The van der Waals surface area contributed by atoms with E-state index in [1.807, 2.05) is 13.8 Å². The predicted molar refractivity (Wildman–Crippen MR) is 41.3 cm³/mol. The second-order valence-electron chi connectivity index (χ2n) is 1.96. The van der Waals surface area contributed by atoms with Crippen LogP contribution >= 0.6 is 15.9 Å². The molecule has 0 spiro atoms. The second-order valence-corrected chi connectivity index (χ2v) is 2.48. The Morgan fingerprint density at radius 3 is 2.56 bits per heavy atom. The molecule has 0 aromatic rings. The Kier molecular flexibility index (Phi) is 4.40. The van der Waals surface area contributed by atoms with E-state index in [2.05, 4.69) is 21.2 Å². The van der Waals surface area contributed by atoms with Crippen molar-refractivity contribution < 1.29 is 4.79 Å². The molecule has 2 nitrogen and oxygen atoms in total. The van der Waals surface area contributed by atoms with Gasteiger partial charge in [0.2, 0.25) is 5.91 Å². The maximum atomic E-state index is 10.6. The van der Waals surface area contributed by atoms with Crippen molar-refractivity contribution in [2.24, 2.45) is 0 Å². The molecule has 52 valence electrons. The van der Waals surface area contributed by atoms with E-state index in [0.29, 0.717) is 0 Å². The van der Waals surface area contributed by atoms with E-state index in [1.54, 1.807) is 0 Å². The summed E-state index contributed by atoms with van der Waals surface area (Å²) >= 11 is 3.00. The van der Waals surface area contributed by atoms with Crippen LogP contribution in [0.1, 0.15) is 13.8 Å². The van der Waals surface area contributed by atoms with Crippen molar-refractivity contribution in [1.82, 2.24) is 5.32 Å². The molecule has 0 radical (unpaired) electrons. The summed E-state index contributed by atoms with van der Waals surface area (Å²) in [5.74, 6) is -0.0677. The molecule has 1 amide bonds. The van der Waals surface area contributed by atoms with E-state index in [1.165, 1.54) is 11.1 Å². The summed E-state index contributed by atoms with van der Waals surface area (Å²) in [6.45, 7) is 3.83. The topological polar surface area (TPSA) is 29.1 Å². The largest absolute Gasteiger partial charge is 0.350 e. The first-order chi connectivity index (χ1) is 4.16. The average molecular weight is 192 g/mol. The molecular formula is C6H10BrNO. The molecule has 1 N–H and O–H groups in total. The van der Waals surface area contributed by atoms with Crippen molar-refractivity contribution in [2.45, 2.75) is 19.9 Å². The first kappa shape index (κ1) is 8.69. The molecule has 3 heteroatoms. The van der Waals surface area contributed by atoms with Gasteiger partial charge < -0.3 is 5.32 Å². The van der Waals surface area contributed by atoms with Gasteiger partial charge in [-0.3, -0.25) is 4.79 Å². The highest BCUT2D eigenvalue weighted by Gasteiger charge is 1.94. The van der Waals surface area contributed by atoms with Crippen LogP contribution in [-0.4, -0.2) is 11.9 Å². The number of hydrogen-bond acceptors (Lipinski definition) is 1. The van der Waals surface area contributed by atoms with Crippen molar-refractivity contribution >= 4 is 21.8 Å². The number of nitrogens with one attached hydrogen (secondary N) is 1. The van der Waals surface area contributed by atoms with Crippen LogP contribution in [0, 0.1) is 0 Å². The summed E-state index contributed by atoms with van der Waals surface area (Å²) in [7, 11) is 0. The standard InChI is InChI=1S/C6H10BrNO/c1-5(2)8-6(9)3-4-7/h3-5H,1-2H3,(H,8,9)/b4-3+. The lowest BCUT2D eigenvalue weighted by Crippen LogP contribution is -2.28. The van der Waals surface area contributed by atoms with E-state index >= 15 is 0 Å². The Morgan fingerprint density at radius 1 is 1.67 bits per heavy atom. The van der Waals surface area contributed by atoms with Crippen molar-refractivity contribution in [3.63, 3.8) is 0 Å². The minimum Gasteiger partial charge on any atom is -0.350 e. The van der Waals surface area contributed by atoms with Crippen LogP contribution in [0.25, 0.3) is 0 Å². The molecule has 0 aromatic heterocycles. The first-order valence-electron chi connectivity index (χ1n) is 2.74. The third-order valence-electron chi connectivity index (χ3n) is 0.645. The van der Waals surface area contributed by atoms with Crippen molar-refractivity contribution in [2.75, 3.05) is 0 Å². The molecule has 0 aliphatic heterocycles. The van der Waals surface area contributed by atoms with Crippen molar-refractivity contribution in [1.29, 1.82) is 0 Å². The molecule has 0 heterocycles. The highest BCUT2D eigenvalue weighted by molar-refractivity contribution is 9.11. The van der Waals surface area contributed by atoms with Gasteiger partial charge in [0.15, 0.2) is 0 Å². The zero-order valence-electron chi connectivity index (χ0n) is 5.52. The smallest absolute Gasteiger partial charge is 0.244 e. The van der Waals surface area contributed by atoms with Gasteiger partial charge in [0.25, 0.3) is 0 Å². The van der Waals surface area contributed by atoms with Crippen molar-refractivity contribution in [3.05, 3.63) is 11.1 Å². The SMILES string of the molecule is CC(C)NC(=O)/C=C/Br. The van der Waals surface area contributed by atoms with Gasteiger partial charge in [-0.2, -0.15) is 0 Å². The zero-order valence-corrected chi connectivity index (χ0v) is 7.10. The van der Waals surface area contributed by atoms with Gasteiger partial charge in [0, 0.05) is 12.1 Å². The van der Waals surface area contributed by atoms with Crippen LogP contribution in [0.5, 0.6) is 0 Å². The monoisotopic (exact) mass is 191 g/mol. The fourth-order valence-electron chi connectivity index (χ4n) is 0.390. The molecule has 0 atom stereocenters. The summed E-state index contributed by atoms with van der Waals surface area (Å²) < 4.78 is 0. The predicted octanol–water partition coefficient (Wildman–Crippen LogP) is 1.42. The van der Waals surface area contributed by atoms with Gasteiger partial charge >= 0.3 is 0 Å². The quantitative estimate of drug-likeness (QED) is 0.658. The number of carbonyl (C=O) groups excluding carboxylic acids is 1. The Hall–Kier alpha value is -0.310. The van der Waals surface area contributed by atoms with Crippen LogP contribution in [0.2, 0.25) is 0 Å². The summed E-state index contributed by atoms with van der Waals surface area (Å²) in [5.41, 5.74) is 0. The molecule has 0 bridgehead atoms. The van der Waals surface area contributed by atoms with Crippen LogP contribution in [0.4, 0.5) is 0 Å². The van der Waals surface area contributed by atoms with Crippen LogP contribution < -0.4 is 5.32 Å². The van der Waals surface area contributed by atoms with Gasteiger partial charge in [-0.05, 0) is 18.8 Å². The zero-order chi connectivity index (χ0) is 7.28. The van der Waals surface area contributed by atoms with E-state index in [0.717, 1.165) is 0 Å². The van der Waals surface area contributed by atoms with Gasteiger partial charge in [-0.1, -0.05) is 15.9 Å². The van der Waals surface area contributed by atoms with Gasteiger partial charge in [0.1, 0.15) is 0 Å². The van der Waals surface area contributed by atoms with Crippen LogP contribution in [0.3, 0.4) is 0 Å². The second kappa shape index (κ2) is 4.56. The third kappa shape index (κ3) is 5.56. The number of rotatable bonds is 2. The molecule has 0 aromatic carbocycles. The minimum atomic E-state index is -0.0677. The molecular weight excluding hydrogens is 182 g/mol. The highest BCUT2D eigenvalue weighted by Crippen LogP contribution is 1.83. The Bertz CT molecular complexity index is 120. The molecule has 0 aliphatic carbocycles. The maximum Gasteiger partial charge on any atom is 0.244 e. The van der Waals surface area contributed by atoms with Gasteiger partial charge in [-0.25, -0.2) is 0 Å². The molecule has 0 unspecified atom stereocenters. The number of carbonyl (C=O) groups is 1. The van der Waals surface area contributed by atoms with E-state index < -0.39 is 0 Å². The number of halogens is 1. The fourth-order valence-corrected chi connectivity index (χ4v) is 0.630. The van der Waals surface area contributed by atoms with Crippen LogP contribution in [0.15, 0.2) is 11.1 Å². The summed E-state index contributed by atoms with van der Waals surface area (Å²) in [6, 6.07) is 0.209. The molecule has 9 heavy (non-hydrogen) atoms. The normalized spacial score (nSPS) is 10.7.